The van der Waals surface area contributed by atoms with E-state index in [2.05, 4.69) is 243 Å². The van der Waals surface area contributed by atoms with Crippen LogP contribution in [0.2, 0.25) is 0 Å². The minimum atomic E-state index is -0.151. The highest BCUT2D eigenvalue weighted by atomic mass is 16.2. The number of nitrogens with one attached hydrogen (secondary N) is 3. The molecule has 3 aliphatic rings. The maximum absolute atomic E-state index is 12.4. The van der Waals surface area contributed by atoms with E-state index in [-0.39, 0.29) is 78.3 Å². The molecular formula is C93H135N13O5. The van der Waals surface area contributed by atoms with Gasteiger partial charge < -0.3 is 16.0 Å². The van der Waals surface area contributed by atoms with Gasteiger partial charge >= 0.3 is 0 Å². The highest BCUT2D eigenvalue weighted by Crippen LogP contribution is 2.43. The summed E-state index contributed by atoms with van der Waals surface area (Å²) in [6.07, 6.45) is 17.4. The van der Waals surface area contributed by atoms with Crippen molar-refractivity contribution in [2.24, 2.45) is 33.5 Å². The molecule has 3 fully saturated rings. The fourth-order valence-electron chi connectivity index (χ4n) is 15.4. The lowest BCUT2D eigenvalue weighted by molar-refractivity contribution is -0.117. The number of carbonyl (C=O) groups excluding carboxylic acids is 5. The van der Waals surface area contributed by atoms with Crippen LogP contribution in [0.15, 0.2) is 60.9 Å². The topological polar surface area (TPSA) is 219 Å². The molecule has 111 heavy (non-hydrogen) atoms. The van der Waals surface area contributed by atoms with Crippen LogP contribution in [0.4, 0.5) is 17.1 Å². The molecule has 4 aromatic carbocycles. The summed E-state index contributed by atoms with van der Waals surface area (Å²) in [6, 6.07) is 17.6. The van der Waals surface area contributed by atoms with Gasteiger partial charge in [-0.25, -0.2) is 9.97 Å². The number of aryl methyl sites for hydroxylation is 1. The molecule has 3 aliphatic carbocycles. The Labute approximate surface area is 663 Å². The molecule has 3 N–H and O–H groups in total. The average Bonchev–Trinajstić information content (AvgIpc) is 1.64. The number of ketones is 4. The van der Waals surface area contributed by atoms with Crippen LogP contribution >= 0.6 is 0 Å². The van der Waals surface area contributed by atoms with Crippen molar-refractivity contribution >= 4 is 89.7 Å². The number of rotatable bonds is 16. The maximum Gasteiger partial charge on any atom is 0.227 e. The molecule has 0 spiro atoms. The molecule has 18 heteroatoms. The van der Waals surface area contributed by atoms with Crippen molar-refractivity contribution in [3.8, 4) is 11.1 Å². The third kappa shape index (κ3) is 22.3. The molecule has 1 amide bonds. The van der Waals surface area contributed by atoms with Crippen LogP contribution in [0.1, 0.15) is 335 Å². The number of hydrogen-bond acceptors (Lipinski definition) is 13. The molecule has 0 saturated heterocycles. The first kappa shape index (κ1) is 86.6. The van der Waals surface area contributed by atoms with Crippen LogP contribution in [0.3, 0.4) is 0 Å². The van der Waals surface area contributed by atoms with Crippen molar-refractivity contribution in [1.29, 1.82) is 0 Å². The normalized spacial score (nSPS) is 15.1. The number of carbonyl (C=O) groups is 5. The zero-order chi connectivity index (χ0) is 82.4. The van der Waals surface area contributed by atoms with Crippen LogP contribution in [0.5, 0.6) is 0 Å². The summed E-state index contributed by atoms with van der Waals surface area (Å²) >= 11 is 0. The van der Waals surface area contributed by atoms with Gasteiger partial charge in [-0.2, -0.15) is 20.4 Å². The molecule has 0 bridgehead atoms. The van der Waals surface area contributed by atoms with E-state index < -0.39 is 0 Å². The third-order valence-corrected chi connectivity index (χ3v) is 20.8. The Kier molecular flexibility index (Phi) is 25.7. The van der Waals surface area contributed by atoms with Gasteiger partial charge in [0.25, 0.3) is 0 Å². The van der Waals surface area contributed by atoms with Crippen LogP contribution < -0.4 is 16.0 Å². The van der Waals surface area contributed by atoms with Crippen molar-refractivity contribution in [2.45, 2.75) is 325 Å². The largest absolute Gasteiger partial charge is 0.385 e. The summed E-state index contributed by atoms with van der Waals surface area (Å²) in [5.41, 5.74) is 16.1. The van der Waals surface area contributed by atoms with Gasteiger partial charge in [0.15, 0.2) is 23.1 Å². The fraction of sp³-hybridized carbons (Fsp3) is 0.602. The lowest BCUT2D eigenvalue weighted by atomic mass is 9.83. The van der Waals surface area contributed by atoms with Gasteiger partial charge in [0.1, 0.15) is 28.6 Å². The molecule has 602 valence electrons. The average molecular weight is 1520 g/mol. The summed E-state index contributed by atoms with van der Waals surface area (Å²) in [4.78, 5) is 70.4. The molecule has 18 nitrogen and oxygen atoms in total. The Morgan fingerprint density at radius 1 is 0.378 bits per heavy atom. The summed E-state index contributed by atoms with van der Waals surface area (Å²) < 4.78 is 8.12. The second kappa shape index (κ2) is 33.0. The van der Waals surface area contributed by atoms with Gasteiger partial charge in [0.2, 0.25) is 5.91 Å². The van der Waals surface area contributed by atoms with E-state index in [0.717, 1.165) is 128 Å². The first-order valence-corrected chi connectivity index (χ1v) is 41.0. The highest BCUT2D eigenvalue weighted by molar-refractivity contribution is 6.10. The first-order chi connectivity index (χ1) is 51.1. The minimum Gasteiger partial charge on any atom is -0.385 e. The van der Waals surface area contributed by atoms with Gasteiger partial charge in [0.05, 0.1) is 22.1 Å². The monoisotopic (exact) mass is 1510 g/mol. The van der Waals surface area contributed by atoms with E-state index in [1.807, 2.05) is 40.8 Å². The van der Waals surface area contributed by atoms with Crippen LogP contribution in [-0.2, 0) is 52.6 Å². The van der Waals surface area contributed by atoms with Crippen molar-refractivity contribution in [3.05, 3.63) is 112 Å². The summed E-state index contributed by atoms with van der Waals surface area (Å²) in [7, 11) is 0. The zero-order valence-corrected chi connectivity index (χ0v) is 73.3. The lowest BCUT2D eigenvalue weighted by Crippen LogP contribution is -2.20. The number of hydrogen-bond donors (Lipinski definition) is 3. The Bertz CT molecular complexity index is 4880. The van der Waals surface area contributed by atoms with Crippen molar-refractivity contribution in [3.63, 3.8) is 0 Å². The number of anilines is 3. The zero-order valence-electron chi connectivity index (χ0n) is 73.3. The number of amides is 1. The Hall–Kier alpha value is -8.41. The lowest BCUT2D eigenvalue weighted by Gasteiger charge is -2.26. The predicted molar refractivity (Wildman–Crippen MR) is 460 cm³/mol. The fourth-order valence-corrected chi connectivity index (χ4v) is 15.4. The number of Topliss-reactive ketones (excluding diaryl/α,β-unsaturated/α-hetero) is 4. The van der Waals surface area contributed by atoms with E-state index in [0.29, 0.717) is 35.4 Å². The Morgan fingerprint density at radius 3 is 1.04 bits per heavy atom. The maximum atomic E-state index is 12.4. The van der Waals surface area contributed by atoms with Gasteiger partial charge in [0, 0.05) is 129 Å². The van der Waals surface area contributed by atoms with E-state index in [4.69, 9.17) is 15.3 Å². The number of fused-ring (bicyclic) bond motifs is 4. The molecule has 0 aliphatic heterocycles. The van der Waals surface area contributed by atoms with Crippen LogP contribution in [0.25, 0.3) is 54.7 Å². The van der Waals surface area contributed by atoms with Gasteiger partial charge in [-0.05, 0) is 171 Å². The minimum absolute atomic E-state index is 0.0187. The molecular weight excluding hydrogens is 1380 g/mol. The first-order valence-electron chi connectivity index (χ1n) is 41.0. The van der Waals surface area contributed by atoms with Gasteiger partial charge in [-0.3, -0.25) is 42.7 Å². The van der Waals surface area contributed by atoms with Crippen molar-refractivity contribution < 1.29 is 24.0 Å². The van der Waals surface area contributed by atoms with Crippen LogP contribution in [0, 0.1) is 40.4 Å². The third-order valence-electron chi connectivity index (χ3n) is 20.8. The molecule has 3 saturated carbocycles. The second-order valence-electron chi connectivity index (χ2n) is 41.5. The molecule has 5 aromatic heterocycles. The quantitative estimate of drug-likeness (QED) is 0.0768. The van der Waals surface area contributed by atoms with Gasteiger partial charge in [-0.1, -0.05) is 198 Å². The Balaban J connectivity index is 0.000000170. The van der Waals surface area contributed by atoms with E-state index in [9.17, 15) is 24.0 Å². The summed E-state index contributed by atoms with van der Waals surface area (Å²) in [6.45, 7) is 65.1. The van der Waals surface area contributed by atoms with Crippen molar-refractivity contribution in [2.75, 3.05) is 22.5 Å². The molecule has 0 radical (unpaired) electrons. The second-order valence-corrected chi connectivity index (χ2v) is 41.5. The summed E-state index contributed by atoms with van der Waals surface area (Å²) in [5, 5.41) is 33.1. The van der Waals surface area contributed by atoms with Gasteiger partial charge in [-0.15, -0.1) is 0 Å². The number of aromatic nitrogens is 10. The van der Waals surface area contributed by atoms with E-state index in [1.54, 1.807) is 27.7 Å². The number of nitrogens with zero attached hydrogens (tertiary/aromatic N) is 10. The summed E-state index contributed by atoms with van der Waals surface area (Å²) in [5.74, 6) is 1.69. The van der Waals surface area contributed by atoms with E-state index >= 15 is 0 Å². The van der Waals surface area contributed by atoms with E-state index in [1.165, 1.54) is 74.5 Å². The smallest absolute Gasteiger partial charge is 0.227 e. The molecule has 0 atom stereocenters. The molecule has 12 rings (SSSR count). The Morgan fingerprint density at radius 2 is 0.694 bits per heavy atom. The van der Waals surface area contributed by atoms with Crippen molar-refractivity contribution in [1.82, 2.24) is 49.1 Å². The standard InChI is InChI=1S/C25H39N3O.C23H30N4O.C23H35N3O.C22H31N3O2/c1-17(29)22-20-13-19(26-15-18-11-9-8-10-12-18)14-21(25(5,6)7)23(20)28(27-22)16-24(2,3)4;1-14(28)20-18-9-16(17-11-24-15(2)25-12-17)10-19(23(6,7)8)21(18)27(26-20)13-22(3,4)5;1-15(27)20-18-12-17(24-16-10-8-9-11-16)13-19(23(5,6)7)21(18)26(25-20)14-22(2,3)4;1-13(26)18-16-10-15(23-20(27)14-8-9-14)11-17(22(5,6)7)19(16)25(24-18)12-21(2,3)4/h13-14,18,26H,8-12,15-16H2,1-7H3;9-12H,13H2,1-8H3;12-13,16,24H,8-11,14H2,1-7H3;10-11,14H,8-9,12H2,1-7H3,(H,23,27). The number of benzene rings is 4. The highest BCUT2D eigenvalue weighted by Gasteiger charge is 2.35. The predicted octanol–water partition coefficient (Wildman–Crippen LogP) is 22.8. The molecule has 9 aromatic rings. The molecule has 5 heterocycles. The SMILES string of the molecule is CC(=O)c1nn(CC(C)(C)C)c2c(C(C)(C)C)cc(-c3cnc(C)nc3)cc12.CC(=O)c1nn(CC(C)(C)C)c2c(C(C)(C)C)cc(NC(=O)C3CC3)cc12.CC(=O)c1nn(CC(C)(C)C)c2c(C(C)(C)C)cc(NC3CCCC3)cc12.CC(=O)c1nn(CC(C)(C)C)c2c(C(C)(C)C)cc(NCC3CCCCC3)cc12. The molecule has 0 unspecified atom stereocenters. The van der Waals surface area contributed by atoms with Crippen LogP contribution in [-0.4, -0.2) is 90.7 Å².